The third-order valence-electron chi connectivity index (χ3n) is 0.382. The number of rotatable bonds is 1. The Morgan fingerprint density at radius 3 is 1.78 bits per heavy atom. The predicted octanol–water partition coefficient (Wildman–Crippen LogP) is 1.73. The van der Waals surface area contributed by atoms with Gasteiger partial charge in [-0.1, -0.05) is 26.3 Å². The van der Waals surface area contributed by atoms with E-state index in [1.807, 2.05) is 0 Å². The summed E-state index contributed by atoms with van der Waals surface area (Å²) in [6, 6.07) is 0. The molecule has 0 saturated carbocycles. The molecule has 0 aliphatic rings. The van der Waals surface area contributed by atoms with Gasteiger partial charge in [0.05, 0.1) is 0 Å². The van der Waals surface area contributed by atoms with Gasteiger partial charge in [0.15, 0.2) is 0 Å². The Morgan fingerprint density at radius 1 is 1.44 bits per heavy atom. The summed E-state index contributed by atoms with van der Waals surface area (Å²) in [4.78, 5) is 9.65. The van der Waals surface area contributed by atoms with Gasteiger partial charge in [0.2, 0.25) is 0 Å². The first kappa shape index (κ1) is 11.0. The van der Waals surface area contributed by atoms with Crippen LogP contribution in [0.5, 0.6) is 0 Å². The van der Waals surface area contributed by atoms with Crippen LogP contribution in [0.15, 0.2) is 0 Å². The Morgan fingerprint density at radius 2 is 1.78 bits per heavy atom. The maximum absolute atomic E-state index is 9.65. The van der Waals surface area contributed by atoms with Gasteiger partial charge < -0.3 is 11.6 Å². The third-order valence-corrected chi connectivity index (χ3v) is 0.382. The Kier molecular flexibility index (Phi) is 3.97. The van der Waals surface area contributed by atoms with Crippen LogP contribution in [0.4, 0.5) is 0 Å². The largest absolute Gasteiger partial charge is 0.373 e. The van der Waals surface area contributed by atoms with Crippen molar-refractivity contribution < 1.29 is 5.03 Å². The third kappa shape index (κ3) is 11.0. The molecule has 0 atom stereocenters. The Labute approximate surface area is 54.1 Å². The maximum Gasteiger partial charge on any atom is -0.0122 e. The highest BCUT2D eigenvalue weighted by Gasteiger charge is 2.00. The summed E-state index contributed by atoms with van der Waals surface area (Å²) in [5.74, 6) is 0. The van der Waals surface area contributed by atoms with Crippen molar-refractivity contribution in [2.75, 3.05) is 0 Å². The molecule has 4 N–H and O–H groups in total. The van der Waals surface area contributed by atoms with Crippen molar-refractivity contribution in [3.05, 3.63) is 15.5 Å². The number of nitrogens with zero attached hydrogens (tertiary/aromatic N) is 2. The van der Waals surface area contributed by atoms with Crippen LogP contribution in [-0.4, -0.2) is 10.6 Å². The molecule has 0 aliphatic heterocycles. The molecule has 9 heavy (non-hydrogen) atoms. The van der Waals surface area contributed by atoms with Gasteiger partial charge in [-0.2, -0.15) is 0 Å². The van der Waals surface area contributed by atoms with Crippen LogP contribution in [0.3, 0.4) is 0 Å². The summed E-state index contributed by atoms with van der Waals surface area (Å²) < 4.78 is 0. The van der Waals surface area contributed by atoms with Crippen LogP contribution >= 0.6 is 0 Å². The predicted molar refractivity (Wildman–Crippen MR) is 36.1 cm³/mol. The van der Waals surface area contributed by atoms with Crippen LogP contribution in [0, 0.1) is 10.1 Å². The van der Waals surface area contributed by atoms with Gasteiger partial charge in [0.25, 0.3) is 0 Å². The minimum absolute atomic E-state index is 0. The summed E-state index contributed by atoms with van der Waals surface area (Å²) in [5.41, 5.74) is 2.58. The van der Waals surface area contributed by atoms with E-state index < -0.39 is 10.6 Å². The van der Waals surface area contributed by atoms with Crippen LogP contribution < -0.4 is 6.15 Å². The van der Waals surface area contributed by atoms with Crippen molar-refractivity contribution >= 4 is 0 Å². The van der Waals surface area contributed by atoms with Gasteiger partial charge in [-0.05, 0) is 5.03 Å². The van der Waals surface area contributed by atoms with Gasteiger partial charge in [-0.3, -0.25) is 10.1 Å². The standard InChI is InChI=1S/C4H9N2O2.H3N/c1-4(2,3)5-6(7)8;/h1-3H3;1H3/q-1;/p+1. The van der Waals surface area contributed by atoms with Gasteiger partial charge >= 0.3 is 0 Å². The fraction of sp³-hybridized carbons (Fsp3) is 1.00. The summed E-state index contributed by atoms with van der Waals surface area (Å²) in [6.45, 7) is 5.03. The molecule has 0 unspecified atom stereocenters. The lowest BCUT2D eigenvalue weighted by Crippen LogP contribution is -2.15. The second-order valence-corrected chi connectivity index (χ2v) is 2.51. The average molecular weight is 135 g/mol. The molecule has 0 radical (unpaired) electrons. The Bertz CT molecular complexity index is 96.5. The van der Waals surface area contributed by atoms with Crippen molar-refractivity contribution in [1.29, 1.82) is 0 Å². The molecular weight excluding hydrogens is 122 g/mol. The highest BCUT2D eigenvalue weighted by Crippen LogP contribution is 2.12. The molecule has 0 spiro atoms. The van der Waals surface area contributed by atoms with Crippen LogP contribution in [-0.2, 0) is 0 Å². The van der Waals surface area contributed by atoms with E-state index in [9.17, 15) is 10.1 Å². The summed E-state index contributed by atoms with van der Waals surface area (Å²) in [7, 11) is 0. The molecule has 0 fully saturated rings. The molecule has 0 rings (SSSR count). The Balaban J connectivity index is 0. The second-order valence-electron chi connectivity index (χ2n) is 2.51. The molecule has 0 aliphatic carbocycles. The van der Waals surface area contributed by atoms with E-state index in [4.69, 9.17) is 0 Å². The van der Waals surface area contributed by atoms with Crippen molar-refractivity contribution in [2.24, 2.45) is 0 Å². The minimum Gasteiger partial charge on any atom is -0.373 e. The zero-order valence-electron chi connectivity index (χ0n) is 6.21. The molecule has 5 nitrogen and oxygen atoms in total. The zero-order valence-corrected chi connectivity index (χ0v) is 6.21. The summed E-state index contributed by atoms with van der Waals surface area (Å²) in [5, 5.41) is 8.99. The molecule has 0 saturated heterocycles. The molecule has 0 aromatic carbocycles. The smallest absolute Gasteiger partial charge is 0.0122 e. The van der Waals surface area contributed by atoms with E-state index in [2.05, 4.69) is 5.43 Å². The van der Waals surface area contributed by atoms with Gasteiger partial charge in [0.1, 0.15) is 0 Å². The lowest BCUT2D eigenvalue weighted by Gasteiger charge is -2.26. The van der Waals surface area contributed by atoms with Gasteiger partial charge in [-0.15, -0.1) is 0 Å². The number of hydrogen-bond acceptors (Lipinski definition) is 2. The van der Waals surface area contributed by atoms with Gasteiger partial charge in [-0.25, -0.2) is 0 Å². The van der Waals surface area contributed by atoms with E-state index >= 15 is 0 Å². The summed E-state index contributed by atoms with van der Waals surface area (Å²) in [6.07, 6.45) is 0. The van der Waals surface area contributed by atoms with Crippen LogP contribution in [0.25, 0.3) is 5.43 Å². The number of hydrogen-bond donors (Lipinski definition) is 1. The number of quaternary nitrogens is 1. The molecular formula is C4H13N3O2. The fourth-order valence-corrected chi connectivity index (χ4v) is 0.245. The van der Waals surface area contributed by atoms with E-state index in [1.165, 1.54) is 0 Å². The van der Waals surface area contributed by atoms with Crippen molar-refractivity contribution in [3.63, 3.8) is 0 Å². The SMILES string of the molecule is CC(C)(C)[N-][N+](=O)[O-].[NH4+]. The average Bonchev–Trinajstić information content (AvgIpc) is 1.21. The number of nitro groups is 1. The fourth-order valence-electron chi connectivity index (χ4n) is 0.245. The van der Waals surface area contributed by atoms with Crippen molar-refractivity contribution in [2.45, 2.75) is 26.3 Å². The first-order valence-electron chi connectivity index (χ1n) is 2.29. The molecule has 0 heterocycles. The second kappa shape index (κ2) is 3.24. The first-order valence-corrected chi connectivity index (χ1v) is 2.29. The lowest BCUT2D eigenvalue weighted by atomic mass is 10.1. The summed E-state index contributed by atoms with van der Waals surface area (Å²) >= 11 is 0. The monoisotopic (exact) mass is 135 g/mol. The first-order chi connectivity index (χ1) is 3.42. The molecule has 0 aromatic rings. The lowest BCUT2D eigenvalue weighted by molar-refractivity contribution is -0.434. The molecule has 0 amide bonds. The maximum atomic E-state index is 9.65. The molecule has 5 heteroatoms. The highest BCUT2D eigenvalue weighted by atomic mass is 16.7. The van der Waals surface area contributed by atoms with E-state index in [-0.39, 0.29) is 6.15 Å². The highest BCUT2D eigenvalue weighted by molar-refractivity contribution is 4.85. The van der Waals surface area contributed by atoms with E-state index in [1.54, 1.807) is 20.8 Å². The molecule has 0 bridgehead atoms. The quantitative estimate of drug-likeness (QED) is 0.437. The van der Waals surface area contributed by atoms with Crippen LogP contribution in [0.2, 0.25) is 0 Å². The van der Waals surface area contributed by atoms with Gasteiger partial charge in [0, 0.05) is 0 Å². The van der Waals surface area contributed by atoms with E-state index in [0.717, 1.165) is 0 Å². The van der Waals surface area contributed by atoms with Crippen molar-refractivity contribution in [1.82, 2.24) is 6.15 Å². The zero-order chi connectivity index (χ0) is 6.78. The normalized spacial score (nSPS) is 9.67. The topological polar surface area (TPSA) is 93.7 Å². The van der Waals surface area contributed by atoms with Crippen molar-refractivity contribution in [3.8, 4) is 0 Å². The van der Waals surface area contributed by atoms with Crippen LogP contribution in [0.1, 0.15) is 20.8 Å². The minimum atomic E-state index is -0.667. The Hall–Kier alpha value is -0.840. The molecule has 56 valence electrons. The molecule has 0 aromatic heterocycles. The van der Waals surface area contributed by atoms with E-state index in [0.29, 0.717) is 0 Å².